The fourth-order valence-electron chi connectivity index (χ4n) is 1.55. The summed E-state index contributed by atoms with van der Waals surface area (Å²) in [7, 11) is 0. The minimum atomic E-state index is -4.67. The fraction of sp³-hybridized carbons (Fsp3) is 0.250. The summed E-state index contributed by atoms with van der Waals surface area (Å²) in [6.07, 6.45) is -1.24. The molecule has 0 saturated heterocycles. The van der Waals surface area contributed by atoms with Crippen LogP contribution in [0.15, 0.2) is 36.7 Å². The third-order valence-corrected chi connectivity index (χ3v) is 2.65. The van der Waals surface area contributed by atoms with E-state index < -0.39 is 6.36 Å². The first kappa shape index (κ1) is 13.7. The zero-order valence-electron chi connectivity index (χ0n) is 9.69. The van der Waals surface area contributed by atoms with E-state index in [1.165, 1.54) is 12.1 Å². The summed E-state index contributed by atoms with van der Waals surface area (Å²) >= 11 is 5.65. The van der Waals surface area contributed by atoms with Crippen LogP contribution < -0.4 is 4.74 Å². The van der Waals surface area contributed by atoms with Gasteiger partial charge in [-0.05, 0) is 17.7 Å². The Morgan fingerprint density at radius 2 is 1.84 bits per heavy atom. The lowest BCUT2D eigenvalue weighted by Crippen LogP contribution is -2.17. The molecule has 7 heteroatoms. The average molecular weight is 291 g/mol. The Morgan fingerprint density at radius 1 is 1.16 bits per heavy atom. The number of halogens is 4. The normalized spacial score (nSPS) is 11.6. The molecule has 1 aromatic carbocycles. The fourth-order valence-corrected chi connectivity index (χ4v) is 1.68. The van der Waals surface area contributed by atoms with E-state index in [-0.39, 0.29) is 5.75 Å². The first-order chi connectivity index (χ1) is 8.96. The molecule has 0 aliphatic carbocycles. The zero-order valence-corrected chi connectivity index (χ0v) is 10.4. The molecule has 0 aliphatic rings. The van der Waals surface area contributed by atoms with Crippen molar-refractivity contribution in [3.63, 3.8) is 0 Å². The summed E-state index contributed by atoms with van der Waals surface area (Å²) in [5, 5.41) is 4.09. The molecule has 2 rings (SSSR count). The number of rotatable bonds is 4. The van der Waals surface area contributed by atoms with E-state index in [9.17, 15) is 13.2 Å². The second-order valence-electron chi connectivity index (χ2n) is 3.87. The topological polar surface area (TPSA) is 27.1 Å². The van der Waals surface area contributed by atoms with Crippen molar-refractivity contribution in [1.82, 2.24) is 9.78 Å². The Morgan fingerprint density at radius 3 is 2.37 bits per heavy atom. The van der Waals surface area contributed by atoms with Crippen molar-refractivity contribution in [3.05, 3.63) is 47.8 Å². The van der Waals surface area contributed by atoms with Crippen LogP contribution in [0, 0.1) is 0 Å². The first-order valence-corrected chi connectivity index (χ1v) is 5.92. The molecule has 0 spiro atoms. The number of hydrogen-bond donors (Lipinski definition) is 0. The highest BCUT2D eigenvalue weighted by Crippen LogP contribution is 2.22. The summed E-state index contributed by atoms with van der Waals surface area (Å²) in [5.41, 5.74) is 1.71. The van der Waals surface area contributed by atoms with E-state index in [0.717, 1.165) is 11.1 Å². The molecule has 1 heterocycles. The Kier molecular flexibility index (Phi) is 3.99. The highest BCUT2D eigenvalue weighted by Gasteiger charge is 2.30. The van der Waals surface area contributed by atoms with Gasteiger partial charge in [-0.2, -0.15) is 5.10 Å². The summed E-state index contributed by atoms with van der Waals surface area (Å²) in [5.74, 6) is 0.136. The van der Waals surface area contributed by atoms with Crippen LogP contribution in [-0.4, -0.2) is 16.1 Å². The van der Waals surface area contributed by atoms with Crippen molar-refractivity contribution in [2.45, 2.75) is 18.8 Å². The van der Waals surface area contributed by atoms with Crippen LogP contribution in [0.1, 0.15) is 11.1 Å². The van der Waals surface area contributed by atoms with Gasteiger partial charge in [0.25, 0.3) is 0 Å². The third kappa shape index (κ3) is 4.17. The van der Waals surface area contributed by atoms with Crippen molar-refractivity contribution >= 4 is 11.6 Å². The summed E-state index contributed by atoms with van der Waals surface area (Å²) in [4.78, 5) is 0. The van der Waals surface area contributed by atoms with E-state index in [1.807, 2.05) is 0 Å². The Bertz CT molecular complexity index is 537. The van der Waals surface area contributed by atoms with Crippen LogP contribution in [0.3, 0.4) is 0 Å². The Balaban J connectivity index is 2.02. The van der Waals surface area contributed by atoms with E-state index >= 15 is 0 Å². The van der Waals surface area contributed by atoms with Crippen LogP contribution in [0.2, 0.25) is 0 Å². The van der Waals surface area contributed by atoms with E-state index in [1.54, 1.807) is 29.2 Å². The van der Waals surface area contributed by atoms with Gasteiger partial charge in [0, 0.05) is 11.8 Å². The highest BCUT2D eigenvalue weighted by molar-refractivity contribution is 6.17. The van der Waals surface area contributed by atoms with Crippen LogP contribution >= 0.6 is 11.6 Å². The molecule has 0 fully saturated rings. The maximum atomic E-state index is 12.0. The monoisotopic (exact) mass is 290 g/mol. The van der Waals surface area contributed by atoms with Gasteiger partial charge in [-0.3, -0.25) is 4.68 Å². The van der Waals surface area contributed by atoms with Crippen LogP contribution in [0.25, 0.3) is 0 Å². The number of ether oxygens (including phenoxy) is 1. The molecule has 19 heavy (non-hydrogen) atoms. The molecule has 0 N–H and O–H groups in total. The molecule has 0 radical (unpaired) electrons. The van der Waals surface area contributed by atoms with E-state index in [4.69, 9.17) is 11.6 Å². The van der Waals surface area contributed by atoms with Crippen LogP contribution in [0.4, 0.5) is 13.2 Å². The van der Waals surface area contributed by atoms with Gasteiger partial charge in [-0.1, -0.05) is 12.1 Å². The lowest BCUT2D eigenvalue weighted by Gasteiger charge is -2.09. The molecule has 0 atom stereocenters. The smallest absolute Gasteiger partial charge is 0.406 e. The van der Waals surface area contributed by atoms with Crippen molar-refractivity contribution in [2.75, 3.05) is 0 Å². The zero-order chi connectivity index (χ0) is 13.9. The first-order valence-electron chi connectivity index (χ1n) is 5.38. The van der Waals surface area contributed by atoms with E-state index in [2.05, 4.69) is 9.84 Å². The maximum Gasteiger partial charge on any atom is 0.573 e. The highest BCUT2D eigenvalue weighted by atomic mass is 35.5. The molecule has 0 bridgehead atoms. The van der Waals surface area contributed by atoms with Crippen molar-refractivity contribution in [3.8, 4) is 5.75 Å². The second kappa shape index (κ2) is 5.52. The van der Waals surface area contributed by atoms with Gasteiger partial charge >= 0.3 is 6.36 Å². The maximum absolute atomic E-state index is 12.0. The number of aromatic nitrogens is 2. The number of nitrogens with zero attached hydrogens (tertiary/aromatic N) is 2. The lowest BCUT2D eigenvalue weighted by atomic mass is 10.2. The van der Waals surface area contributed by atoms with Crippen molar-refractivity contribution in [2.24, 2.45) is 0 Å². The van der Waals surface area contributed by atoms with E-state index in [0.29, 0.717) is 12.4 Å². The SMILES string of the molecule is FC(F)(F)Oc1ccc(Cn2cc(CCl)cn2)cc1. The molecule has 0 unspecified atom stereocenters. The molecule has 0 amide bonds. The molecule has 3 nitrogen and oxygen atoms in total. The minimum Gasteiger partial charge on any atom is -0.406 e. The standard InChI is InChI=1S/C12H10ClF3N2O/c13-5-10-6-17-18(8-10)7-9-1-3-11(4-2-9)19-12(14,15)16/h1-4,6,8H,5,7H2. The van der Waals surface area contributed by atoms with Gasteiger partial charge < -0.3 is 4.74 Å². The summed E-state index contributed by atoms with van der Waals surface area (Å²) < 4.78 is 41.4. The van der Waals surface area contributed by atoms with Crippen LogP contribution in [-0.2, 0) is 12.4 Å². The van der Waals surface area contributed by atoms with Gasteiger partial charge in [-0.25, -0.2) is 0 Å². The molecule has 0 saturated carbocycles. The Labute approximate surface area is 112 Å². The van der Waals surface area contributed by atoms with Crippen LogP contribution in [0.5, 0.6) is 5.75 Å². The third-order valence-electron chi connectivity index (χ3n) is 2.34. The molecule has 2 aromatic rings. The predicted octanol–water partition coefficient (Wildman–Crippen LogP) is 3.57. The molecule has 102 valence electrons. The largest absolute Gasteiger partial charge is 0.573 e. The molecular weight excluding hydrogens is 281 g/mol. The number of alkyl halides is 4. The molecule has 0 aliphatic heterocycles. The van der Waals surface area contributed by atoms with Crippen molar-refractivity contribution in [1.29, 1.82) is 0 Å². The Hall–Kier alpha value is -1.69. The summed E-state index contributed by atoms with van der Waals surface area (Å²) in [6, 6.07) is 5.66. The minimum absolute atomic E-state index is 0.238. The summed E-state index contributed by atoms with van der Waals surface area (Å²) in [6.45, 7) is 0.461. The van der Waals surface area contributed by atoms with Gasteiger partial charge in [0.05, 0.1) is 18.6 Å². The number of hydrogen-bond acceptors (Lipinski definition) is 2. The van der Waals surface area contributed by atoms with Crippen molar-refractivity contribution < 1.29 is 17.9 Å². The quantitative estimate of drug-likeness (QED) is 0.805. The average Bonchev–Trinajstić information content (AvgIpc) is 2.77. The predicted molar refractivity (Wildman–Crippen MR) is 64.0 cm³/mol. The van der Waals surface area contributed by atoms with Gasteiger partial charge in [-0.15, -0.1) is 24.8 Å². The second-order valence-corrected chi connectivity index (χ2v) is 4.14. The molecule has 1 aromatic heterocycles. The van der Waals surface area contributed by atoms with Gasteiger partial charge in [0.1, 0.15) is 5.75 Å². The lowest BCUT2D eigenvalue weighted by molar-refractivity contribution is -0.274. The number of benzene rings is 1. The molecular formula is C12H10ClF3N2O. The van der Waals surface area contributed by atoms with Gasteiger partial charge in [0.15, 0.2) is 0 Å². The van der Waals surface area contributed by atoms with Gasteiger partial charge in [0.2, 0.25) is 0 Å².